The van der Waals surface area contributed by atoms with Crippen molar-refractivity contribution in [1.29, 1.82) is 0 Å². The summed E-state index contributed by atoms with van der Waals surface area (Å²) >= 11 is 0. The van der Waals surface area contributed by atoms with E-state index in [0.29, 0.717) is 22.5 Å². The minimum Gasteiger partial charge on any atom is -0.465 e. The molecule has 1 aliphatic heterocycles. The lowest BCUT2D eigenvalue weighted by atomic mass is 9.72. The number of alkyl halides is 2. The fourth-order valence-corrected chi connectivity index (χ4v) is 5.60. The van der Waals surface area contributed by atoms with E-state index in [1.54, 1.807) is 49.4 Å². The zero-order valence-electron chi connectivity index (χ0n) is 18.8. The lowest BCUT2D eigenvalue weighted by Crippen LogP contribution is -2.63. The summed E-state index contributed by atoms with van der Waals surface area (Å²) in [6, 6.07) is 10.1. The highest BCUT2D eigenvalue weighted by molar-refractivity contribution is 7.92. The lowest BCUT2D eigenvalue weighted by molar-refractivity contribution is -0.121. The van der Waals surface area contributed by atoms with Crippen molar-refractivity contribution < 1.29 is 31.9 Å². The van der Waals surface area contributed by atoms with E-state index in [2.05, 4.69) is 4.72 Å². The molecule has 1 fully saturated rings. The van der Waals surface area contributed by atoms with Crippen LogP contribution in [0.15, 0.2) is 42.5 Å². The van der Waals surface area contributed by atoms with Crippen LogP contribution in [0, 0.1) is 5.92 Å². The second-order valence-electron chi connectivity index (χ2n) is 8.95. The van der Waals surface area contributed by atoms with Crippen molar-refractivity contribution in [3.63, 3.8) is 0 Å². The fraction of sp³-hybridized carbons (Fsp3) is 0.391. The van der Waals surface area contributed by atoms with Crippen LogP contribution in [0.3, 0.4) is 0 Å². The highest BCUT2D eigenvalue weighted by Gasteiger charge is 2.55. The summed E-state index contributed by atoms with van der Waals surface area (Å²) in [6.45, 7) is 3.05. The Bertz CT molecular complexity index is 1240. The van der Waals surface area contributed by atoms with Crippen molar-refractivity contribution >= 4 is 39.1 Å². The van der Waals surface area contributed by atoms with Crippen LogP contribution < -0.4 is 14.5 Å². The minimum absolute atomic E-state index is 0.247. The van der Waals surface area contributed by atoms with Gasteiger partial charge >= 0.3 is 6.09 Å². The lowest BCUT2D eigenvalue weighted by Gasteiger charge is -2.52. The van der Waals surface area contributed by atoms with Gasteiger partial charge in [-0.1, -0.05) is 18.2 Å². The summed E-state index contributed by atoms with van der Waals surface area (Å²) in [4.78, 5) is 27.4. The number of rotatable bonds is 4. The van der Waals surface area contributed by atoms with Crippen molar-refractivity contribution in [3.05, 3.63) is 42.5 Å². The molecule has 11 heteroatoms. The SMILES string of the molecule is CC(=O)N1c2ccc(-c3ccc(NS(C)(=O)=O)cc3)cc2N(C(=O)O)C(C2CC(F)(F)C2)[C@@H]1C. The third kappa shape index (κ3) is 4.44. The second-order valence-corrected chi connectivity index (χ2v) is 10.7. The van der Waals surface area contributed by atoms with Crippen LogP contribution in [0.2, 0.25) is 0 Å². The van der Waals surface area contributed by atoms with Crippen LogP contribution in [0.25, 0.3) is 11.1 Å². The molecule has 0 bridgehead atoms. The zero-order chi connectivity index (χ0) is 25.0. The van der Waals surface area contributed by atoms with Gasteiger partial charge in [0.25, 0.3) is 0 Å². The maximum Gasteiger partial charge on any atom is 0.412 e. The van der Waals surface area contributed by atoms with Gasteiger partial charge in [0, 0.05) is 25.5 Å². The third-order valence-electron chi connectivity index (χ3n) is 6.37. The molecule has 2 aromatic carbocycles. The van der Waals surface area contributed by atoms with E-state index in [1.165, 1.54) is 11.8 Å². The van der Waals surface area contributed by atoms with E-state index in [9.17, 15) is 31.9 Å². The molecule has 0 saturated heterocycles. The molecule has 0 radical (unpaired) electrons. The van der Waals surface area contributed by atoms with E-state index in [1.807, 2.05) is 0 Å². The van der Waals surface area contributed by atoms with Crippen molar-refractivity contribution in [2.75, 3.05) is 20.8 Å². The van der Waals surface area contributed by atoms with Gasteiger partial charge in [-0.15, -0.1) is 0 Å². The molecular weight excluding hydrogens is 468 g/mol. The van der Waals surface area contributed by atoms with Crippen molar-refractivity contribution in [2.45, 2.75) is 44.7 Å². The highest BCUT2D eigenvalue weighted by Crippen LogP contribution is 2.51. The van der Waals surface area contributed by atoms with E-state index < -0.39 is 52.9 Å². The van der Waals surface area contributed by atoms with Crippen LogP contribution in [-0.4, -0.2) is 49.8 Å². The molecule has 1 saturated carbocycles. The molecule has 1 heterocycles. The van der Waals surface area contributed by atoms with Gasteiger partial charge in [-0.05, 0) is 48.2 Å². The molecule has 0 spiro atoms. The van der Waals surface area contributed by atoms with Crippen LogP contribution in [-0.2, 0) is 14.8 Å². The number of hydrogen-bond acceptors (Lipinski definition) is 4. The molecule has 2 aromatic rings. The Labute approximate surface area is 196 Å². The number of amides is 2. The number of carbonyl (C=O) groups excluding carboxylic acids is 1. The van der Waals surface area contributed by atoms with Crippen LogP contribution in [0.1, 0.15) is 26.7 Å². The minimum atomic E-state index is -3.44. The average molecular weight is 494 g/mol. The van der Waals surface area contributed by atoms with Gasteiger partial charge in [-0.2, -0.15) is 0 Å². The van der Waals surface area contributed by atoms with Crippen LogP contribution in [0.4, 0.5) is 30.6 Å². The number of halogens is 2. The topological polar surface area (TPSA) is 107 Å². The molecule has 2 N–H and O–H groups in total. The summed E-state index contributed by atoms with van der Waals surface area (Å²) in [5.41, 5.74) is 2.33. The predicted octanol–water partition coefficient (Wildman–Crippen LogP) is 4.38. The first-order chi connectivity index (χ1) is 15.8. The van der Waals surface area contributed by atoms with Crippen LogP contribution >= 0.6 is 0 Å². The van der Waals surface area contributed by atoms with E-state index >= 15 is 0 Å². The quantitative estimate of drug-likeness (QED) is 0.658. The summed E-state index contributed by atoms with van der Waals surface area (Å²) in [5, 5.41) is 10.1. The molecule has 1 aliphatic carbocycles. The number of carbonyl (C=O) groups is 2. The van der Waals surface area contributed by atoms with Crippen molar-refractivity contribution in [3.8, 4) is 11.1 Å². The number of hydrogen-bond donors (Lipinski definition) is 2. The molecule has 2 amide bonds. The first-order valence-electron chi connectivity index (χ1n) is 10.7. The molecule has 0 aromatic heterocycles. The van der Waals surface area contributed by atoms with E-state index in [-0.39, 0.29) is 11.6 Å². The largest absolute Gasteiger partial charge is 0.465 e. The average Bonchev–Trinajstić information content (AvgIpc) is 2.69. The van der Waals surface area contributed by atoms with Gasteiger partial charge in [-0.25, -0.2) is 22.0 Å². The Morgan fingerprint density at radius 1 is 1.03 bits per heavy atom. The monoisotopic (exact) mass is 493 g/mol. The van der Waals surface area contributed by atoms with E-state index in [0.717, 1.165) is 11.2 Å². The number of anilines is 3. The predicted molar refractivity (Wildman–Crippen MR) is 125 cm³/mol. The Kier molecular flexibility index (Phi) is 5.79. The Balaban J connectivity index is 1.77. The zero-order valence-corrected chi connectivity index (χ0v) is 19.6. The highest BCUT2D eigenvalue weighted by atomic mass is 32.2. The molecule has 8 nitrogen and oxygen atoms in total. The maximum absolute atomic E-state index is 13.7. The van der Waals surface area contributed by atoms with Gasteiger partial charge < -0.3 is 10.0 Å². The molecule has 1 unspecified atom stereocenters. The second kappa shape index (κ2) is 8.23. The van der Waals surface area contributed by atoms with Gasteiger partial charge in [0.1, 0.15) is 0 Å². The van der Waals surface area contributed by atoms with E-state index in [4.69, 9.17) is 0 Å². The Morgan fingerprint density at radius 2 is 1.62 bits per heavy atom. The first-order valence-corrected chi connectivity index (χ1v) is 12.6. The molecule has 4 rings (SSSR count). The van der Waals surface area contributed by atoms with Gasteiger partial charge in [0.05, 0.1) is 29.7 Å². The van der Waals surface area contributed by atoms with Gasteiger partial charge in [0.15, 0.2) is 0 Å². The Morgan fingerprint density at radius 3 is 2.12 bits per heavy atom. The van der Waals surface area contributed by atoms with Gasteiger partial charge in [-0.3, -0.25) is 14.4 Å². The van der Waals surface area contributed by atoms with Crippen molar-refractivity contribution in [1.82, 2.24) is 0 Å². The Hall–Kier alpha value is -3.21. The summed E-state index contributed by atoms with van der Waals surface area (Å²) in [6.07, 6.45) is -1.09. The van der Waals surface area contributed by atoms with Crippen LogP contribution in [0.5, 0.6) is 0 Å². The number of carboxylic acid groups (broad SMARTS) is 1. The fourth-order valence-electron chi connectivity index (χ4n) is 5.03. The first kappa shape index (κ1) is 23.9. The summed E-state index contributed by atoms with van der Waals surface area (Å²) in [5.74, 6) is -3.72. The molecule has 2 aliphatic rings. The number of nitrogens with zero attached hydrogens (tertiary/aromatic N) is 2. The normalized spacial score (nSPS) is 22.0. The molecule has 182 valence electrons. The standard InChI is InChI=1S/C23H25F2N3O5S/c1-13-21(17-11-23(24,25)12-17)28(22(30)31)20-10-16(6-9-19(20)27(13)14(2)29)15-4-7-18(8-5-15)26-34(3,32)33/h4-10,13,17,21,26H,11-12H2,1-3H3,(H,30,31)/t13-,21?/m0/s1. The number of nitrogens with one attached hydrogen (secondary N) is 1. The molecule has 2 atom stereocenters. The number of fused-ring (bicyclic) bond motifs is 1. The molecular formula is C23H25F2N3O5S. The summed E-state index contributed by atoms with van der Waals surface area (Å²) in [7, 11) is -3.44. The summed E-state index contributed by atoms with van der Waals surface area (Å²) < 4.78 is 52.6. The molecule has 34 heavy (non-hydrogen) atoms. The van der Waals surface area contributed by atoms with Crippen molar-refractivity contribution in [2.24, 2.45) is 5.92 Å². The maximum atomic E-state index is 13.7. The third-order valence-corrected chi connectivity index (χ3v) is 6.97. The number of sulfonamides is 1. The number of benzene rings is 2. The van der Waals surface area contributed by atoms with Gasteiger partial charge in [0.2, 0.25) is 21.9 Å². The smallest absolute Gasteiger partial charge is 0.412 e.